The van der Waals surface area contributed by atoms with Crippen molar-refractivity contribution in [2.24, 2.45) is 0 Å². The van der Waals surface area contributed by atoms with E-state index in [2.05, 4.69) is 0 Å². The Morgan fingerprint density at radius 1 is 1.29 bits per heavy atom. The molecule has 1 N–H and O–H groups in total. The predicted octanol–water partition coefficient (Wildman–Crippen LogP) is 3.53. The Morgan fingerprint density at radius 2 is 1.90 bits per heavy atom. The van der Waals surface area contributed by atoms with Gasteiger partial charge in [0.2, 0.25) is 5.91 Å². The monoisotopic (exact) mass is 329 g/mol. The molecule has 1 rings (SSSR count). The number of amides is 1. The van der Waals surface area contributed by atoms with E-state index in [1.165, 1.54) is 11.8 Å². The van der Waals surface area contributed by atoms with Gasteiger partial charge in [0.05, 0.1) is 17.2 Å². The van der Waals surface area contributed by atoms with E-state index in [1.54, 1.807) is 11.0 Å². The third kappa shape index (κ3) is 5.98. The van der Waals surface area contributed by atoms with Gasteiger partial charge in [-0.1, -0.05) is 23.7 Å². The number of benzene rings is 1. The quantitative estimate of drug-likeness (QED) is 0.811. The van der Waals surface area contributed by atoms with Gasteiger partial charge in [0, 0.05) is 17.0 Å². The normalized spacial score (nSPS) is 11.2. The number of hydrogen-bond donors (Lipinski definition) is 1. The number of rotatable bonds is 6. The van der Waals surface area contributed by atoms with Gasteiger partial charge < -0.3 is 10.0 Å². The van der Waals surface area contributed by atoms with E-state index in [0.717, 1.165) is 4.90 Å². The number of carbonyl (C=O) groups is 2. The van der Waals surface area contributed by atoms with Gasteiger partial charge >= 0.3 is 5.97 Å². The number of halogens is 1. The van der Waals surface area contributed by atoms with Crippen molar-refractivity contribution >= 4 is 35.2 Å². The molecule has 0 aliphatic rings. The summed E-state index contributed by atoms with van der Waals surface area (Å²) in [5, 5.41) is 9.41. The minimum Gasteiger partial charge on any atom is -0.481 e. The van der Waals surface area contributed by atoms with E-state index < -0.39 is 11.5 Å². The second-order valence-corrected chi connectivity index (χ2v) is 7.00. The lowest BCUT2D eigenvalue weighted by molar-refractivity contribution is -0.139. The molecule has 0 saturated heterocycles. The van der Waals surface area contributed by atoms with Gasteiger partial charge in [-0.2, -0.15) is 0 Å². The zero-order valence-corrected chi connectivity index (χ0v) is 14.0. The van der Waals surface area contributed by atoms with Crippen molar-refractivity contribution in [3.05, 3.63) is 29.3 Å². The minimum absolute atomic E-state index is 0.0558. The summed E-state index contributed by atoms with van der Waals surface area (Å²) in [6.07, 6.45) is -0.0558. The lowest BCUT2D eigenvalue weighted by Gasteiger charge is -2.35. The first-order valence-corrected chi connectivity index (χ1v) is 7.98. The molecule has 0 aliphatic carbocycles. The zero-order chi connectivity index (χ0) is 16.0. The van der Waals surface area contributed by atoms with Crippen LogP contribution < -0.4 is 0 Å². The number of nitrogens with zero attached hydrogens (tertiary/aromatic N) is 1. The Hall–Kier alpha value is -1.20. The van der Waals surface area contributed by atoms with Crippen LogP contribution in [0.1, 0.15) is 27.2 Å². The van der Waals surface area contributed by atoms with Crippen LogP contribution in [0, 0.1) is 0 Å². The molecule has 1 aromatic carbocycles. The molecule has 0 heterocycles. The summed E-state index contributed by atoms with van der Waals surface area (Å²) >= 11 is 7.42. The molecular weight excluding hydrogens is 310 g/mol. The lowest BCUT2D eigenvalue weighted by Crippen LogP contribution is -2.47. The molecule has 0 radical (unpaired) electrons. The van der Waals surface area contributed by atoms with E-state index >= 15 is 0 Å². The Kier molecular flexibility index (Phi) is 6.55. The first kappa shape index (κ1) is 17.9. The third-order valence-corrected chi connectivity index (χ3v) is 4.35. The standard InChI is InChI=1S/C15H20ClNO3S/c1-15(2,3)17(9-8-14(19)20)13(18)10-21-12-7-5-4-6-11(12)16/h4-7H,8-10H2,1-3H3,(H,19,20). The van der Waals surface area contributed by atoms with Gasteiger partial charge in [-0.25, -0.2) is 0 Å². The molecule has 1 aromatic rings. The highest BCUT2D eigenvalue weighted by Crippen LogP contribution is 2.27. The maximum atomic E-state index is 12.4. The van der Waals surface area contributed by atoms with Crippen LogP contribution in [0.5, 0.6) is 0 Å². The molecular formula is C15H20ClNO3S. The Morgan fingerprint density at radius 3 is 2.43 bits per heavy atom. The second-order valence-electron chi connectivity index (χ2n) is 5.58. The van der Waals surface area contributed by atoms with Crippen molar-refractivity contribution in [2.45, 2.75) is 37.6 Å². The largest absolute Gasteiger partial charge is 0.481 e. The molecule has 4 nitrogen and oxygen atoms in total. The van der Waals surface area contributed by atoms with Crippen LogP contribution >= 0.6 is 23.4 Å². The van der Waals surface area contributed by atoms with Crippen LogP contribution in [0.2, 0.25) is 5.02 Å². The molecule has 21 heavy (non-hydrogen) atoms. The van der Waals surface area contributed by atoms with Gasteiger partial charge in [0.25, 0.3) is 0 Å². The SMILES string of the molecule is CC(C)(C)N(CCC(=O)O)C(=O)CSc1ccccc1Cl. The summed E-state index contributed by atoms with van der Waals surface area (Å²) in [4.78, 5) is 25.5. The molecule has 0 unspecified atom stereocenters. The van der Waals surface area contributed by atoms with Crippen molar-refractivity contribution in [1.29, 1.82) is 0 Å². The molecule has 0 aliphatic heterocycles. The second kappa shape index (κ2) is 7.71. The molecule has 0 saturated carbocycles. The molecule has 6 heteroatoms. The average Bonchev–Trinajstić information content (AvgIpc) is 2.36. The molecule has 0 spiro atoms. The summed E-state index contributed by atoms with van der Waals surface area (Å²) in [5.74, 6) is -0.759. The molecule has 0 fully saturated rings. The summed E-state index contributed by atoms with van der Waals surface area (Å²) in [6, 6.07) is 7.34. The Labute approximate surface area is 134 Å². The summed E-state index contributed by atoms with van der Waals surface area (Å²) in [7, 11) is 0. The van der Waals surface area contributed by atoms with Gasteiger partial charge in [-0.15, -0.1) is 11.8 Å². The summed E-state index contributed by atoms with van der Waals surface area (Å²) in [5.41, 5.74) is -0.409. The number of carboxylic acids is 1. The van der Waals surface area contributed by atoms with Crippen LogP contribution in [0.3, 0.4) is 0 Å². The van der Waals surface area contributed by atoms with Crippen LogP contribution in [0.15, 0.2) is 29.2 Å². The lowest BCUT2D eigenvalue weighted by atomic mass is 10.1. The molecule has 0 atom stereocenters. The highest BCUT2D eigenvalue weighted by Gasteiger charge is 2.26. The molecule has 0 bridgehead atoms. The van der Waals surface area contributed by atoms with E-state index in [-0.39, 0.29) is 24.6 Å². The highest BCUT2D eigenvalue weighted by molar-refractivity contribution is 8.00. The summed E-state index contributed by atoms with van der Waals surface area (Å²) < 4.78 is 0. The number of carboxylic acid groups (broad SMARTS) is 1. The zero-order valence-electron chi connectivity index (χ0n) is 12.4. The predicted molar refractivity (Wildman–Crippen MR) is 85.9 cm³/mol. The van der Waals surface area contributed by atoms with Crippen LogP contribution in [0.25, 0.3) is 0 Å². The topological polar surface area (TPSA) is 57.6 Å². The van der Waals surface area contributed by atoms with Gasteiger partial charge in [0.1, 0.15) is 0 Å². The van der Waals surface area contributed by atoms with Gasteiger partial charge in [0.15, 0.2) is 0 Å². The first-order chi connectivity index (χ1) is 9.71. The summed E-state index contributed by atoms with van der Waals surface area (Å²) in [6.45, 7) is 5.90. The van der Waals surface area contributed by atoms with Crippen molar-refractivity contribution < 1.29 is 14.7 Å². The smallest absolute Gasteiger partial charge is 0.305 e. The maximum Gasteiger partial charge on any atom is 0.305 e. The number of aliphatic carboxylic acids is 1. The van der Waals surface area contributed by atoms with E-state index in [1.807, 2.05) is 39.0 Å². The van der Waals surface area contributed by atoms with Gasteiger partial charge in [-0.05, 0) is 32.9 Å². The molecule has 116 valence electrons. The fraction of sp³-hybridized carbons (Fsp3) is 0.467. The molecule has 0 aromatic heterocycles. The first-order valence-electron chi connectivity index (χ1n) is 6.61. The van der Waals surface area contributed by atoms with Crippen LogP contribution in [-0.4, -0.2) is 39.7 Å². The van der Waals surface area contributed by atoms with E-state index in [9.17, 15) is 9.59 Å². The number of carbonyl (C=O) groups excluding carboxylic acids is 1. The number of thioether (sulfide) groups is 1. The fourth-order valence-electron chi connectivity index (χ4n) is 1.82. The van der Waals surface area contributed by atoms with Gasteiger partial charge in [-0.3, -0.25) is 9.59 Å². The van der Waals surface area contributed by atoms with Crippen molar-refractivity contribution in [3.63, 3.8) is 0 Å². The minimum atomic E-state index is -0.907. The van der Waals surface area contributed by atoms with Crippen molar-refractivity contribution in [2.75, 3.05) is 12.3 Å². The third-order valence-electron chi connectivity index (χ3n) is 2.85. The van der Waals surface area contributed by atoms with Crippen LogP contribution in [-0.2, 0) is 9.59 Å². The average molecular weight is 330 g/mol. The van der Waals surface area contributed by atoms with E-state index in [4.69, 9.17) is 16.7 Å². The molecule has 1 amide bonds. The fourth-order valence-corrected chi connectivity index (χ4v) is 2.94. The van der Waals surface area contributed by atoms with Crippen LogP contribution in [0.4, 0.5) is 0 Å². The maximum absolute atomic E-state index is 12.4. The highest BCUT2D eigenvalue weighted by atomic mass is 35.5. The number of hydrogen-bond acceptors (Lipinski definition) is 3. The van der Waals surface area contributed by atoms with E-state index in [0.29, 0.717) is 5.02 Å². The van der Waals surface area contributed by atoms with Crippen molar-refractivity contribution in [1.82, 2.24) is 4.90 Å². The Balaban J connectivity index is 2.69. The Bertz CT molecular complexity index is 514. The van der Waals surface area contributed by atoms with Crippen molar-refractivity contribution in [3.8, 4) is 0 Å².